The molecular formula is C20H26N2O3S. The van der Waals surface area contributed by atoms with E-state index in [1.807, 2.05) is 4.90 Å². The molecule has 2 heterocycles. The number of hydrogen-bond acceptors (Lipinski definition) is 3. The van der Waals surface area contributed by atoms with Crippen LogP contribution in [-0.2, 0) is 27.7 Å². The monoisotopic (exact) mass is 374 g/mol. The van der Waals surface area contributed by atoms with Gasteiger partial charge in [-0.05, 0) is 74.6 Å². The summed E-state index contributed by atoms with van der Waals surface area (Å²) in [6, 6.07) is 3.54. The number of amides is 1. The van der Waals surface area contributed by atoms with Gasteiger partial charge in [-0.2, -0.15) is 0 Å². The molecule has 0 saturated heterocycles. The number of nitrogens with zero attached hydrogens (tertiary/aromatic N) is 1. The minimum atomic E-state index is -3.51. The highest BCUT2D eigenvalue weighted by molar-refractivity contribution is 7.89. The van der Waals surface area contributed by atoms with Gasteiger partial charge < -0.3 is 4.90 Å². The van der Waals surface area contributed by atoms with E-state index >= 15 is 0 Å². The van der Waals surface area contributed by atoms with Crippen molar-refractivity contribution in [3.63, 3.8) is 0 Å². The SMILES string of the molecule is O=C1CCc2cc(S(=O)(=O)NCCC3=CCCCC3)cc3c2N1CCC3. The van der Waals surface area contributed by atoms with Crippen molar-refractivity contribution in [2.75, 3.05) is 18.0 Å². The Hall–Kier alpha value is -1.66. The maximum Gasteiger partial charge on any atom is 0.240 e. The van der Waals surface area contributed by atoms with E-state index < -0.39 is 10.0 Å². The van der Waals surface area contributed by atoms with E-state index in [0.717, 1.165) is 55.5 Å². The first-order valence-electron chi connectivity index (χ1n) is 9.68. The van der Waals surface area contributed by atoms with Crippen LogP contribution in [0.2, 0.25) is 0 Å². The number of carbonyl (C=O) groups excluding carboxylic acids is 1. The molecule has 26 heavy (non-hydrogen) atoms. The van der Waals surface area contributed by atoms with Crippen molar-refractivity contribution in [2.45, 2.75) is 62.7 Å². The summed E-state index contributed by atoms with van der Waals surface area (Å²) < 4.78 is 28.3. The predicted octanol–water partition coefficient (Wildman–Crippen LogP) is 3.08. The van der Waals surface area contributed by atoms with E-state index in [2.05, 4.69) is 10.8 Å². The molecule has 1 amide bonds. The molecule has 1 N–H and O–H groups in total. The molecule has 0 bridgehead atoms. The summed E-state index contributed by atoms with van der Waals surface area (Å²) in [5, 5.41) is 0. The van der Waals surface area contributed by atoms with Crippen molar-refractivity contribution in [1.82, 2.24) is 4.72 Å². The lowest BCUT2D eigenvalue weighted by atomic mass is 9.92. The summed E-state index contributed by atoms with van der Waals surface area (Å²) in [4.78, 5) is 14.3. The molecule has 0 saturated carbocycles. The predicted molar refractivity (Wildman–Crippen MR) is 102 cm³/mol. The van der Waals surface area contributed by atoms with Gasteiger partial charge in [0.2, 0.25) is 15.9 Å². The molecule has 0 radical (unpaired) electrons. The lowest BCUT2D eigenvalue weighted by molar-refractivity contribution is -0.119. The van der Waals surface area contributed by atoms with Crippen LogP contribution in [0.1, 0.15) is 56.1 Å². The molecule has 2 aliphatic heterocycles. The Morgan fingerprint density at radius 2 is 1.81 bits per heavy atom. The van der Waals surface area contributed by atoms with Crippen molar-refractivity contribution in [1.29, 1.82) is 0 Å². The third kappa shape index (κ3) is 3.45. The van der Waals surface area contributed by atoms with Gasteiger partial charge in [0.25, 0.3) is 0 Å². The van der Waals surface area contributed by atoms with E-state index in [9.17, 15) is 13.2 Å². The molecule has 1 aromatic rings. The Balaban J connectivity index is 1.53. The van der Waals surface area contributed by atoms with Crippen LogP contribution in [0.15, 0.2) is 28.7 Å². The lowest BCUT2D eigenvalue weighted by Gasteiger charge is -2.35. The van der Waals surface area contributed by atoms with Crippen molar-refractivity contribution in [3.05, 3.63) is 34.9 Å². The van der Waals surface area contributed by atoms with Crippen molar-refractivity contribution < 1.29 is 13.2 Å². The molecule has 5 nitrogen and oxygen atoms in total. The molecule has 140 valence electrons. The zero-order chi connectivity index (χ0) is 18.1. The normalized spacial score (nSPS) is 19.9. The zero-order valence-corrected chi connectivity index (χ0v) is 15.9. The molecular weight excluding hydrogens is 348 g/mol. The van der Waals surface area contributed by atoms with Gasteiger partial charge in [0, 0.05) is 19.5 Å². The van der Waals surface area contributed by atoms with Gasteiger partial charge in [-0.3, -0.25) is 4.79 Å². The van der Waals surface area contributed by atoms with Crippen LogP contribution in [0, 0.1) is 0 Å². The fourth-order valence-electron chi connectivity index (χ4n) is 4.34. The summed E-state index contributed by atoms with van der Waals surface area (Å²) in [5.41, 5.74) is 4.33. The topological polar surface area (TPSA) is 66.5 Å². The Bertz CT molecular complexity index is 841. The van der Waals surface area contributed by atoms with Gasteiger partial charge >= 0.3 is 0 Å². The molecule has 0 spiro atoms. The maximum absolute atomic E-state index is 12.8. The average molecular weight is 375 g/mol. The summed E-state index contributed by atoms with van der Waals surface area (Å²) >= 11 is 0. The molecule has 6 heteroatoms. The number of rotatable bonds is 5. The Labute approximate surface area is 155 Å². The largest absolute Gasteiger partial charge is 0.312 e. The van der Waals surface area contributed by atoms with E-state index in [0.29, 0.717) is 24.3 Å². The fourth-order valence-corrected chi connectivity index (χ4v) is 5.47. The molecule has 4 rings (SSSR count). The third-order valence-electron chi connectivity index (χ3n) is 5.68. The molecule has 0 atom stereocenters. The number of allylic oxidation sites excluding steroid dienone is 1. The number of aryl methyl sites for hydroxylation is 2. The summed E-state index contributed by atoms with van der Waals surface area (Å²) in [5.74, 6) is 0.160. The number of hydrogen-bond donors (Lipinski definition) is 1. The number of sulfonamides is 1. The molecule has 1 aromatic carbocycles. The molecule has 0 unspecified atom stereocenters. The maximum atomic E-state index is 12.8. The smallest absolute Gasteiger partial charge is 0.240 e. The Morgan fingerprint density at radius 3 is 2.58 bits per heavy atom. The molecule has 1 aliphatic carbocycles. The first-order chi connectivity index (χ1) is 12.5. The second-order valence-electron chi connectivity index (χ2n) is 7.49. The molecule has 0 aromatic heterocycles. The zero-order valence-electron chi connectivity index (χ0n) is 15.1. The third-order valence-corrected chi connectivity index (χ3v) is 7.12. The average Bonchev–Trinajstić information content (AvgIpc) is 2.65. The lowest BCUT2D eigenvalue weighted by Crippen LogP contribution is -2.39. The quantitative estimate of drug-likeness (QED) is 0.806. The molecule has 3 aliphatic rings. The van der Waals surface area contributed by atoms with Crippen LogP contribution in [-0.4, -0.2) is 27.4 Å². The van der Waals surface area contributed by atoms with Crippen LogP contribution in [0.3, 0.4) is 0 Å². The van der Waals surface area contributed by atoms with Gasteiger partial charge in [-0.25, -0.2) is 13.1 Å². The first kappa shape index (κ1) is 17.7. The summed E-state index contributed by atoms with van der Waals surface area (Å²) in [7, 11) is -3.51. The Kier molecular flexibility index (Phi) is 4.88. The minimum Gasteiger partial charge on any atom is -0.312 e. The van der Waals surface area contributed by atoms with Gasteiger partial charge in [0.15, 0.2) is 0 Å². The van der Waals surface area contributed by atoms with E-state index in [4.69, 9.17) is 0 Å². The van der Waals surface area contributed by atoms with E-state index in [1.165, 1.54) is 18.4 Å². The number of anilines is 1. The second kappa shape index (κ2) is 7.16. The van der Waals surface area contributed by atoms with Crippen LogP contribution >= 0.6 is 0 Å². The van der Waals surface area contributed by atoms with Crippen molar-refractivity contribution in [2.24, 2.45) is 0 Å². The Morgan fingerprint density at radius 1 is 1.00 bits per heavy atom. The standard InChI is InChI=1S/C20H26N2O3S/c23-19-9-8-17-14-18(13-16-7-4-12-22(19)20(16)17)26(24,25)21-11-10-15-5-2-1-3-6-15/h5,13-14,21H,1-4,6-12H2. The van der Waals surface area contributed by atoms with Crippen LogP contribution in [0.25, 0.3) is 0 Å². The summed E-state index contributed by atoms with van der Waals surface area (Å²) in [6.45, 7) is 1.20. The van der Waals surface area contributed by atoms with Crippen molar-refractivity contribution >= 4 is 21.6 Å². The first-order valence-corrected chi connectivity index (χ1v) is 11.2. The number of benzene rings is 1. The summed E-state index contributed by atoms with van der Waals surface area (Å²) in [6.07, 6.45) is 10.5. The number of carbonyl (C=O) groups is 1. The van der Waals surface area contributed by atoms with Crippen molar-refractivity contribution in [3.8, 4) is 0 Å². The number of nitrogens with one attached hydrogen (secondary N) is 1. The van der Waals surface area contributed by atoms with Gasteiger partial charge in [0.1, 0.15) is 0 Å². The fraction of sp³-hybridized carbons (Fsp3) is 0.550. The highest BCUT2D eigenvalue weighted by atomic mass is 32.2. The molecule has 0 fully saturated rings. The van der Waals surface area contributed by atoms with Gasteiger partial charge in [-0.1, -0.05) is 11.6 Å². The minimum absolute atomic E-state index is 0.160. The van der Waals surface area contributed by atoms with E-state index in [-0.39, 0.29) is 5.91 Å². The second-order valence-corrected chi connectivity index (χ2v) is 9.26. The van der Waals surface area contributed by atoms with Crippen LogP contribution < -0.4 is 9.62 Å². The van der Waals surface area contributed by atoms with E-state index in [1.54, 1.807) is 12.1 Å². The van der Waals surface area contributed by atoms with Gasteiger partial charge in [-0.15, -0.1) is 0 Å². The highest BCUT2D eigenvalue weighted by Crippen LogP contribution is 2.37. The highest BCUT2D eigenvalue weighted by Gasteiger charge is 2.31. The van der Waals surface area contributed by atoms with Crippen LogP contribution in [0.5, 0.6) is 0 Å². The van der Waals surface area contributed by atoms with Crippen LogP contribution in [0.4, 0.5) is 5.69 Å². The van der Waals surface area contributed by atoms with Gasteiger partial charge in [0.05, 0.1) is 10.6 Å².